The average molecular weight is 593 g/mol. The van der Waals surface area contributed by atoms with Crippen molar-refractivity contribution in [1.82, 2.24) is 15.5 Å². The van der Waals surface area contributed by atoms with Crippen LogP contribution < -0.4 is 16.4 Å². The SMILES string of the molecule is COC(=O)N(C1CCCC1CC[C@]1(S(C)(=O)=O)CNCCN1)[C@H](C(N)=O)C(c1ccc(F)cc1)c1ccc(F)cc1. The van der Waals surface area contributed by atoms with E-state index in [1.54, 1.807) is 0 Å². The number of ether oxygens (including phenoxy) is 1. The standard InChI is InChI=1S/C29H38F2N4O5S/c1-40-28(37)35(24-5-3-4-19(24)14-15-29(41(2,38)39)18-33-16-17-34-29)26(27(32)36)25(20-6-10-22(30)11-7-20)21-8-12-23(31)13-9-21/h6-13,19,24-26,33-34H,3-5,14-18H2,1-2H3,(H2,32,36)/t19?,24?,26-,29-/m0/s1. The lowest BCUT2D eigenvalue weighted by Crippen LogP contribution is -2.63. The molecule has 12 heteroatoms. The highest BCUT2D eigenvalue weighted by molar-refractivity contribution is 7.92. The van der Waals surface area contributed by atoms with Crippen LogP contribution in [-0.4, -0.2) is 75.3 Å². The Bertz CT molecular complexity index is 1270. The van der Waals surface area contributed by atoms with Gasteiger partial charge in [-0.05, 0) is 67.0 Å². The van der Waals surface area contributed by atoms with Crippen LogP contribution in [0.25, 0.3) is 0 Å². The number of sulfone groups is 1. The molecule has 2 amide bonds. The number of methoxy groups -OCH3 is 1. The first kappa shape index (κ1) is 30.9. The Labute approximate surface area is 239 Å². The molecule has 2 aliphatic rings. The number of piperazine rings is 1. The van der Waals surface area contributed by atoms with Gasteiger partial charge in [0, 0.05) is 37.8 Å². The van der Waals surface area contributed by atoms with Crippen molar-refractivity contribution in [3.05, 3.63) is 71.3 Å². The fourth-order valence-electron chi connectivity index (χ4n) is 6.41. The topological polar surface area (TPSA) is 131 Å². The van der Waals surface area contributed by atoms with Crippen LogP contribution in [0.4, 0.5) is 13.6 Å². The maximum absolute atomic E-state index is 13.9. The van der Waals surface area contributed by atoms with E-state index < -0.39 is 56.3 Å². The van der Waals surface area contributed by atoms with Gasteiger partial charge in [0.25, 0.3) is 0 Å². The molecule has 41 heavy (non-hydrogen) atoms. The molecule has 2 fully saturated rings. The van der Waals surface area contributed by atoms with E-state index in [4.69, 9.17) is 10.5 Å². The van der Waals surface area contributed by atoms with Crippen molar-refractivity contribution in [3.63, 3.8) is 0 Å². The summed E-state index contributed by atoms with van der Waals surface area (Å²) in [5.74, 6) is -2.74. The summed E-state index contributed by atoms with van der Waals surface area (Å²) in [6.45, 7) is 1.44. The van der Waals surface area contributed by atoms with Gasteiger partial charge in [-0.25, -0.2) is 22.0 Å². The van der Waals surface area contributed by atoms with Crippen molar-refractivity contribution in [2.75, 3.05) is 33.0 Å². The Morgan fingerprint density at radius 3 is 2.10 bits per heavy atom. The zero-order chi connectivity index (χ0) is 29.8. The molecule has 2 aromatic carbocycles. The Kier molecular flexibility index (Phi) is 9.66. The first-order chi connectivity index (χ1) is 19.5. The molecule has 2 aromatic rings. The molecule has 4 atom stereocenters. The van der Waals surface area contributed by atoms with E-state index in [0.29, 0.717) is 49.9 Å². The molecule has 4 N–H and O–H groups in total. The first-order valence-corrected chi connectivity index (χ1v) is 15.7. The van der Waals surface area contributed by atoms with Gasteiger partial charge in [-0.2, -0.15) is 0 Å². The van der Waals surface area contributed by atoms with Gasteiger partial charge >= 0.3 is 6.09 Å². The normalized spacial score (nSPS) is 23.7. The quantitative estimate of drug-likeness (QED) is 0.387. The Hall–Kier alpha value is -3.09. The number of hydrogen-bond acceptors (Lipinski definition) is 7. The van der Waals surface area contributed by atoms with Gasteiger partial charge < -0.3 is 15.8 Å². The van der Waals surface area contributed by atoms with Crippen LogP contribution in [0.1, 0.15) is 49.1 Å². The lowest BCUT2D eigenvalue weighted by Gasteiger charge is -2.42. The van der Waals surface area contributed by atoms with Gasteiger partial charge in [-0.3, -0.25) is 15.0 Å². The summed E-state index contributed by atoms with van der Waals surface area (Å²) in [6, 6.07) is 9.33. The number of halogens is 2. The van der Waals surface area contributed by atoms with Gasteiger partial charge in [0.2, 0.25) is 5.91 Å². The van der Waals surface area contributed by atoms with Crippen LogP contribution in [0.15, 0.2) is 48.5 Å². The molecule has 9 nitrogen and oxygen atoms in total. The van der Waals surface area contributed by atoms with Gasteiger partial charge in [-0.1, -0.05) is 30.7 Å². The third-order valence-electron chi connectivity index (χ3n) is 8.52. The van der Waals surface area contributed by atoms with Crippen molar-refractivity contribution in [2.45, 2.75) is 55.0 Å². The van der Waals surface area contributed by atoms with E-state index in [1.807, 2.05) is 0 Å². The summed E-state index contributed by atoms with van der Waals surface area (Å²) in [7, 11) is -2.25. The van der Waals surface area contributed by atoms with Crippen LogP contribution in [0.5, 0.6) is 0 Å². The molecule has 224 valence electrons. The van der Waals surface area contributed by atoms with Crippen molar-refractivity contribution in [3.8, 4) is 0 Å². The third-order valence-corrected chi connectivity index (χ3v) is 10.4. The monoisotopic (exact) mass is 592 g/mol. The summed E-state index contributed by atoms with van der Waals surface area (Å²) in [5, 5.41) is 6.37. The lowest BCUT2D eigenvalue weighted by atomic mass is 9.82. The summed E-state index contributed by atoms with van der Waals surface area (Å²) in [4.78, 5) is 26.9. The Balaban J connectivity index is 1.73. The number of nitrogens with zero attached hydrogens (tertiary/aromatic N) is 1. The number of primary amides is 1. The molecule has 0 spiro atoms. The number of nitrogens with one attached hydrogen (secondary N) is 2. The molecule has 1 saturated heterocycles. The maximum atomic E-state index is 13.9. The van der Waals surface area contributed by atoms with Gasteiger partial charge in [-0.15, -0.1) is 0 Å². The summed E-state index contributed by atoms with van der Waals surface area (Å²) in [6.07, 6.45) is 3.28. The molecule has 2 unspecified atom stereocenters. The fourth-order valence-corrected chi connectivity index (χ4v) is 7.63. The van der Waals surface area contributed by atoms with Crippen molar-refractivity contribution >= 4 is 21.8 Å². The largest absolute Gasteiger partial charge is 0.453 e. The Morgan fingerprint density at radius 2 is 1.63 bits per heavy atom. The van der Waals surface area contributed by atoms with Gasteiger partial charge in [0.15, 0.2) is 9.84 Å². The van der Waals surface area contributed by atoms with Crippen molar-refractivity contribution < 1.29 is 31.5 Å². The molecule has 4 rings (SSSR count). The minimum atomic E-state index is -3.47. The molecule has 1 aliphatic carbocycles. The number of nitrogens with two attached hydrogens (primary N) is 1. The summed E-state index contributed by atoms with van der Waals surface area (Å²) in [5.41, 5.74) is 7.04. The van der Waals surface area contributed by atoms with Crippen LogP contribution in [0.3, 0.4) is 0 Å². The predicted octanol–water partition coefficient (Wildman–Crippen LogP) is 2.90. The van der Waals surface area contributed by atoms with E-state index >= 15 is 0 Å². The summed E-state index contributed by atoms with van der Waals surface area (Å²) < 4.78 is 58.6. The van der Waals surface area contributed by atoms with Crippen LogP contribution >= 0.6 is 0 Å². The number of carbonyl (C=O) groups is 2. The summed E-state index contributed by atoms with van der Waals surface area (Å²) >= 11 is 0. The molecule has 1 aliphatic heterocycles. The number of hydrogen-bond donors (Lipinski definition) is 3. The van der Waals surface area contributed by atoms with E-state index in [1.165, 1.54) is 66.8 Å². The van der Waals surface area contributed by atoms with Gasteiger partial charge in [0.1, 0.15) is 22.5 Å². The molecule has 1 heterocycles. The molecule has 0 aromatic heterocycles. The van der Waals surface area contributed by atoms with Crippen molar-refractivity contribution in [1.29, 1.82) is 0 Å². The van der Waals surface area contributed by atoms with Crippen molar-refractivity contribution in [2.24, 2.45) is 11.7 Å². The van der Waals surface area contributed by atoms with E-state index in [-0.39, 0.29) is 12.5 Å². The lowest BCUT2D eigenvalue weighted by molar-refractivity contribution is -0.124. The van der Waals surface area contributed by atoms with Crippen LogP contribution in [0.2, 0.25) is 0 Å². The molecular formula is C29H38F2N4O5S. The first-order valence-electron chi connectivity index (χ1n) is 13.8. The van der Waals surface area contributed by atoms with E-state index in [9.17, 15) is 26.8 Å². The number of benzene rings is 2. The second-order valence-electron chi connectivity index (χ2n) is 11.0. The number of rotatable bonds is 10. The predicted molar refractivity (Wildman–Crippen MR) is 151 cm³/mol. The smallest absolute Gasteiger partial charge is 0.410 e. The minimum absolute atomic E-state index is 0.139. The second-order valence-corrected chi connectivity index (χ2v) is 13.3. The van der Waals surface area contributed by atoms with Gasteiger partial charge in [0.05, 0.1) is 7.11 Å². The fraction of sp³-hybridized carbons (Fsp3) is 0.517. The third kappa shape index (κ3) is 6.70. The average Bonchev–Trinajstić information content (AvgIpc) is 3.41. The van der Waals surface area contributed by atoms with Crippen LogP contribution in [-0.2, 0) is 19.4 Å². The Morgan fingerprint density at radius 1 is 1.05 bits per heavy atom. The number of carbonyl (C=O) groups excluding carboxylic acids is 2. The zero-order valence-electron chi connectivity index (χ0n) is 23.3. The zero-order valence-corrected chi connectivity index (χ0v) is 24.1. The van der Waals surface area contributed by atoms with E-state index in [2.05, 4.69) is 10.6 Å². The van der Waals surface area contributed by atoms with E-state index in [0.717, 1.165) is 6.42 Å². The highest BCUT2D eigenvalue weighted by Crippen LogP contribution is 2.40. The maximum Gasteiger partial charge on any atom is 0.410 e. The minimum Gasteiger partial charge on any atom is -0.453 e. The molecule has 0 radical (unpaired) electrons. The molecular weight excluding hydrogens is 554 g/mol. The van der Waals surface area contributed by atoms with Crippen LogP contribution in [0, 0.1) is 17.6 Å². The second kappa shape index (κ2) is 12.8. The molecule has 0 bridgehead atoms. The number of amides is 2. The molecule has 1 saturated carbocycles. The highest BCUT2D eigenvalue weighted by atomic mass is 32.2. The highest BCUT2D eigenvalue weighted by Gasteiger charge is 2.47.